The van der Waals surface area contributed by atoms with Gasteiger partial charge >= 0.3 is 0 Å². The zero-order valence-electron chi connectivity index (χ0n) is 8.73. The van der Waals surface area contributed by atoms with Crippen LogP contribution in [0.1, 0.15) is 6.92 Å². The Kier molecular flexibility index (Phi) is 4.69. The van der Waals surface area contributed by atoms with Crippen molar-refractivity contribution in [3.63, 3.8) is 0 Å². The Hall–Kier alpha value is -0.460. The zero-order chi connectivity index (χ0) is 11.4. The minimum Gasteiger partial charge on any atom is -0.494 e. The number of aromatic nitrogens is 1. The molecule has 3 N–H and O–H groups in total. The molecule has 0 aliphatic carbocycles. The highest BCUT2D eigenvalue weighted by Crippen LogP contribution is 2.45. The van der Waals surface area contributed by atoms with Crippen molar-refractivity contribution in [2.45, 2.75) is 16.7 Å². The molecular weight excluding hydrogens is 234 g/mol. The molecule has 0 aromatic carbocycles. The van der Waals surface area contributed by atoms with Gasteiger partial charge < -0.3 is 15.3 Å². The molecule has 0 amide bonds. The van der Waals surface area contributed by atoms with E-state index in [9.17, 15) is 10.2 Å². The van der Waals surface area contributed by atoms with Crippen molar-refractivity contribution in [2.24, 2.45) is 7.05 Å². The summed E-state index contributed by atoms with van der Waals surface area (Å²) in [7, 11) is 1.60. The van der Waals surface area contributed by atoms with Gasteiger partial charge in [0.2, 0.25) is 11.8 Å². The summed E-state index contributed by atoms with van der Waals surface area (Å²) >= 11 is 2.83. The van der Waals surface area contributed by atoms with Crippen LogP contribution in [0.4, 0.5) is 0 Å². The number of rotatable bonds is 5. The van der Waals surface area contributed by atoms with Crippen LogP contribution in [0.3, 0.4) is 0 Å². The van der Waals surface area contributed by atoms with Gasteiger partial charge in [-0.25, -0.2) is 0 Å². The molecular formula is C9H15NO3S2. The molecule has 0 fully saturated rings. The van der Waals surface area contributed by atoms with Crippen LogP contribution in [0, 0.1) is 0 Å². The Labute approximate surface area is 97.3 Å². The van der Waals surface area contributed by atoms with Crippen molar-refractivity contribution in [1.29, 1.82) is 0 Å². The first-order valence-electron chi connectivity index (χ1n) is 4.60. The van der Waals surface area contributed by atoms with Gasteiger partial charge in [-0.15, -0.1) is 23.5 Å². The maximum Gasteiger partial charge on any atom is 0.208 e. The van der Waals surface area contributed by atoms with Gasteiger partial charge in [0.05, 0.1) is 16.4 Å². The standard InChI is InChI=1S/C9H15NO3S2/c1-3-14-6-7(15-5-4-11)9(13)10(2)8(6)12/h11-13H,3-5H2,1-2H3. The zero-order valence-corrected chi connectivity index (χ0v) is 10.4. The second-order valence-corrected chi connectivity index (χ2v) is 5.25. The van der Waals surface area contributed by atoms with Gasteiger partial charge in [-0.05, 0) is 5.75 Å². The van der Waals surface area contributed by atoms with E-state index in [1.807, 2.05) is 6.92 Å². The fourth-order valence-corrected chi connectivity index (χ4v) is 3.07. The van der Waals surface area contributed by atoms with E-state index < -0.39 is 0 Å². The lowest BCUT2D eigenvalue weighted by atomic mass is 10.6. The predicted molar refractivity (Wildman–Crippen MR) is 63.0 cm³/mol. The Balaban J connectivity index is 3.03. The third kappa shape index (κ3) is 2.56. The van der Waals surface area contributed by atoms with Crippen molar-refractivity contribution in [1.82, 2.24) is 4.57 Å². The number of hydrogen-bond donors (Lipinski definition) is 3. The fraction of sp³-hybridized carbons (Fsp3) is 0.556. The normalized spacial score (nSPS) is 10.9. The number of thioether (sulfide) groups is 2. The quantitative estimate of drug-likeness (QED) is 0.692. The average Bonchev–Trinajstić information content (AvgIpc) is 2.42. The van der Waals surface area contributed by atoms with Crippen molar-refractivity contribution in [2.75, 3.05) is 18.1 Å². The van der Waals surface area contributed by atoms with E-state index in [1.54, 1.807) is 7.05 Å². The van der Waals surface area contributed by atoms with Crippen molar-refractivity contribution in [3.05, 3.63) is 0 Å². The number of aliphatic hydroxyl groups excluding tert-OH is 1. The van der Waals surface area contributed by atoms with Crippen molar-refractivity contribution in [3.8, 4) is 11.8 Å². The molecule has 0 bridgehead atoms. The van der Waals surface area contributed by atoms with E-state index in [0.29, 0.717) is 15.5 Å². The van der Waals surface area contributed by atoms with E-state index in [-0.39, 0.29) is 18.4 Å². The number of hydrogen-bond acceptors (Lipinski definition) is 5. The summed E-state index contributed by atoms with van der Waals surface area (Å²) in [6.07, 6.45) is 0. The molecule has 0 atom stereocenters. The molecule has 0 spiro atoms. The van der Waals surface area contributed by atoms with Gasteiger partial charge in [-0.3, -0.25) is 4.57 Å². The minimum absolute atomic E-state index is 0.0516. The van der Waals surface area contributed by atoms with Crippen LogP contribution in [0.5, 0.6) is 11.8 Å². The number of aromatic hydroxyl groups is 2. The number of aliphatic hydroxyl groups is 1. The molecule has 1 aromatic rings. The first-order valence-corrected chi connectivity index (χ1v) is 6.57. The summed E-state index contributed by atoms with van der Waals surface area (Å²) in [5.74, 6) is 1.47. The first-order chi connectivity index (χ1) is 7.13. The first kappa shape index (κ1) is 12.6. The average molecular weight is 249 g/mol. The third-order valence-corrected chi connectivity index (χ3v) is 4.03. The minimum atomic E-state index is 0.0516. The molecule has 0 saturated heterocycles. The smallest absolute Gasteiger partial charge is 0.208 e. The highest BCUT2D eigenvalue weighted by molar-refractivity contribution is 8.02. The van der Waals surface area contributed by atoms with Gasteiger partial charge in [0, 0.05) is 12.8 Å². The van der Waals surface area contributed by atoms with Gasteiger partial charge in [-0.1, -0.05) is 6.92 Å². The second-order valence-electron chi connectivity index (χ2n) is 2.87. The molecule has 0 aliphatic rings. The van der Waals surface area contributed by atoms with E-state index in [0.717, 1.165) is 5.75 Å². The molecule has 1 heterocycles. The van der Waals surface area contributed by atoms with Crippen LogP contribution < -0.4 is 0 Å². The largest absolute Gasteiger partial charge is 0.494 e. The molecule has 0 aliphatic heterocycles. The van der Waals surface area contributed by atoms with Crippen LogP contribution in [0.15, 0.2) is 9.79 Å². The highest BCUT2D eigenvalue weighted by Gasteiger charge is 2.20. The summed E-state index contributed by atoms with van der Waals surface area (Å²) in [6, 6.07) is 0. The Morgan fingerprint density at radius 2 is 1.67 bits per heavy atom. The van der Waals surface area contributed by atoms with Gasteiger partial charge in [-0.2, -0.15) is 0 Å². The SMILES string of the molecule is CCSc1c(SCCO)c(O)n(C)c1O. The highest BCUT2D eigenvalue weighted by atomic mass is 32.2. The molecule has 15 heavy (non-hydrogen) atoms. The van der Waals surface area contributed by atoms with E-state index in [1.165, 1.54) is 28.1 Å². The summed E-state index contributed by atoms with van der Waals surface area (Å²) < 4.78 is 1.34. The number of nitrogens with zero attached hydrogens (tertiary/aromatic N) is 1. The fourth-order valence-electron chi connectivity index (χ4n) is 1.16. The van der Waals surface area contributed by atoms with Crippen LogP contribution in [-0.4, -0.2) is 38.0 Å². The maximum atomic E-state index is 9.74. The maximum absolute atomic E-state index is 9.74. The van der Waals surface area contributed by atoms with Crippen molar-refractivity contribution >= 4 is 23.5 Å². The van der Waals surface area contributed by atoms with Crippen LogP contribution in [-0.2, 0) is 7.05 Å². The molecule has 0 saturated carbocycles. The summed E-state index contributed by atoms with van der Waals surface area (Å²) in [4.78, 5) is 1.34. The Bertz CT molecular complexity index is 339. The van der Waals surface area contributed by atoms with Crippen LogP contribution in [0.2, 0.25) is 0 Å². The monoisotopic (exact) mass is 249 g/mol. The lowest BCUT2D eigenvalue weighted by Crippen LogP contribution is -1.86. The van der Waals surface area contributed by atoms with E-state index in [4.69, 9.17) is 5.11 Å². The van der Waals surface area contributed by atoms with Crippen LogP contribution >= 0.6 is 23.5 Å². The lowest BCUT2D eigenvalue weighted by Gasteiger charge is -2.01. The van der Waals surface area contributed by atoms with Gasteiger partial charge in [0.25, 0.3) is 0 Å². The van der Waals surface area contributed by atoms with E-state index >= 15 is 0 Å². The van der Waals surface area contributed by atoms with Gasteiger partial charge in [0.1, 0.15) is 0 Å². The predicted octanol–water partition coefficient (Wildman–Crippen LogP) is 1.63. The Morgan fingerprint density at radius 3 is 2.13 bits per heavy atom. The molecule has 86 valence electrons. The summed E-state index contributed by atoms with van der Waals surface area (Å²) in [5, 5.41) is 28.2. The van der Waals surface area contributed by atoms with Crippen LogP contribution in [0.25, 0.3) is 0 Å². The molecule has 0 radical (unpaired) electrons. The van der Waals surface area contributed by atoms with Crippen molar-refractivity contribution < 1.29 is 15.3 Å². The molecule has 1 aromatic heterocycles. The summed E-state index contributed by atoms with van der Waals surface area (Å²) in [6.45, 7) is 2.03. The van der Waals surface area contributed by atoms with E-state index in [2.05, 4.69) is 0 Å². The topological polar surface area (TPSA) is 65.6 Å². The lowest BCUT2D eigenvalue weighted by molar-refractivity contribution is 0.322. The second kappa shape index (κ2) is 5.58. The molecule has 4 nitrogen and oxygen atoms in total. The summed E-state index contributed by atoms with van der Waals surface area (Å²) in [5.41, 5.74) is 0. The molecule has 1 rings (SSSR count). The van der Waals surface area contributed by atoms with Gasteiger partial charge in [0.15, 0.2) is 0 Å². The Morgan fingerprint density at radius 1 is 1.13 bits per heavy atom. The molecule has 0 unspecified atom stereocenters. The molecule has 6 heteroatoms. The third-order valence-electron chi connectivity index (χ3n) is 1.87.